The van der Waals surface area contributed by atoms with Crippen LogP contribution in [0, 0.1) is 13.8 Å². The van der Waals surface area contributed by atoms with E-state index in [1.165, 1.54) is 22.3 Å². The number of hydrogen-bond acceptors (Lipinski definition) is 2. The number of halogens is 1. The average Bonchev–Trinajstić information content (AvgIpc) is 3.09. The van der Waals surface area contributed by atoms with Crippen LogP contribution in [0.25, 0.3) is 11.1 Å². The fourth-order valence-corrected chi connectivity index (χ4v) is 4.66. The van der Waals surface area contributed by atoms with Crippen LogP contribution in [0.15, 0.2) is 54.6 Å². The van der Waals surface area contributed by atoms with Crippen molar-refractivity contribution in [1.29, 1.82) is 0 Å². The van der Waals surface area contributed by atoms with Gasteiger partial charge in [-0.25, -0.2) is 0 Å². The molecule has 4 rings (SSSR count). The molecule has 1 heterocycles. The second kappa shape index (κ2) is 8.53. The van der Waals surface area contributed by atoms with Gasteiger partial charge in [0.2, 0.25) is 0 Å². The summed E-state index contributed by atoms with van der Waals surface area (Å²) in [5.41, 5.74) is 8.02. The number of aryl methyl sites for hydroxylation is 4. The van der Waals surface area contributed by atoms with Gasteiger partial charge in [-0.2, -0.15) is 0 Å². The molecule has 0 bridgehead atoms. The summed E-state index contributed by atoms with van der Waals surface area (Å²) in [4.78, 5) is 11.0. The minimum absolute atomic E-state index is 0.0602. The first-order chi connectivity index (χ1) is 14.4. The largest absolute Gasteiger partial charge is 0.493 e. The third-order valence-corrected chi connectivity index (χ3v) is 6.34. The summed E-state index contributed by atoms with van der Waals surface area (Å²) >= 11 is 6.83. The molecule has 1 atom stereocenters. The fourth-order valence-electron chi connectivity index (χ4n) is 4.34. The molecule has 0 amide bonds. The van der Waals surface area contributed by atoms with Gasteiger partial charge >= 0.3 is 5.97 Å². The number of carbonyl (C=O) groups is 1. The molecule has 30 heavy (non-hydrogen) atoms. The van der Waals surface area contributed by atoms with E-state index in [9.17, 15) is 4.79 Å². The molecule has 3 nitrogen and oxygen atoms in total. The summed E-state index contributed by atoms with van der Waals surface area (Å²) in [5, 5.41) is 9.87. The van der Waals surface area contributed by atoms with E-state index in [4.69, 9.17) is 21.4 Å². The molecule has 4 heteroatoms. The maximum absolute atomic E-state index is 11.0. The van der Waals surface area contributed by atoms with E-state index < -0.39 is 5.97 Å². The molecule has 0 spiro atoms. The number of hydrogen-bond donors (Lipinski definition) is 1. The van der Waals surface area contributed by atoms with Crippen molar-refractivity contribution in [2.75, 3.05) is 6.61 Å². The Morgan fingerprint density at radius 3 is 2.53 bits per heavy atom. The third kappa shape index (κ3) is 4.08. The normalized spacial score (nSPS) is 15.0. The van der Waals surface area contributed by atoms with E-state index in [-0.39, 0.29) is 12.3 Å². The molecular formula is C26H25ClO3. The minimum Gasteiger partial charge on any atom is -0.493 e. The van der Waals surface area contributed by atoms with Crippen molar-refractivity contribution in [1.82, 2.24) is 0 Å². The monoisotopic (exact) mass is 420 g/mol. The Kier molecular flexibility index (Phi) is 5.83. The van der Waals surface area contributed by atoms with Gasteiger partial charge in [0, 0.05) is 17.0 Å². The van der Waals surface area contributed by atoms with E-state index in [1.54, 1.807) is 0 Å². The van der Waals surface area contributed by atoms with Crippen molar-refractivity contribution in [2.24, 2.45) is 0 Å². The Bertz CT molecular complexity index is 1080. The van der Waals surface area contributed by atoms with Crippen LogP contribution in [-0.4, -0.2) is 17.7 Å². The summed E-state index contributed by atoms with van der Waals surface area (Å²) < 4.78 is 5.74. The SMILES string of the molecule is Cc1cccc(C)c1-c1cccc(CCc2ccc3c(c2)OC[C@H]3CC(=O)O)c1Cl. The summed E-state index contributed by atoms with van der Waals surface area (Å²) in [6.45, 7) is 4.68. The van der Waals surface area contributed by atoms with Gasteiger partial charge in [-0.1, -0.05) is 60.1 Å². The van der Waals surface area contributed by atoms with Gasteiger partial charge in [0.1, 0.15) is 5.75 Å². The van der Waals surface area contributed by atoms with Crippen LogP contribution < -0.4 is 4.74 Å². The van der Waals surface area contributed by atoms with Crippen molar-refractivity contribution < 1.29 is 14.6 Å². The molecule has 0 saturated heterocycles. The smallest absolute Gasteiger partial charge is 0.304 e. The molecule has 3 aromatic carbocycles. The van der Waals surface area contributed by atoms with Crippen molar-refractivity contribution in [2.45, 2.75) is 39.0 Å². The predicted molar refractivity (Wildman–Crippen MR) is 121 cm³/mol. The zero-order valence-electron chi connectivity index (χ0n) is 17.2. The second-order valence-corrected chi connectivity index (χ2v) is 8.40. The van der Waals surface area contributed by atoms with Gasteiger partial charge in [-0.3, -0.25) is 4.79 Å². The topological polar surface area (TPSA) is 46.5 Å². The molecule has 1 aliphatic heterocycles. The van der Waals surface area contributed by atoms with Crippen LogP contribution in [0.4, 0.5) is 0 Å². The highest BCUT2D eigenvalue weighted by atomic mass is 35.5. The first-order valence-electron chi connectivity index (χ1n) is 10.3. The standard InChI is InChI=1S/C26H25ClO3/c1-16-5-3-6-17(2)25(16)22-8-4-7-19(26(22)27)11-9-18-10-12-21-20(14-24(28)29)15-30-23(21)13-18/h3-8,10,12-13,20H,9,11,14-15H2,1-2H3,(H,28,29)/t20-/m1/s1. The molecule has 0 saturated carbocycles. The van der Waals surface area contributed by atoms with Gasteiger partial charge in [0.15, 0.2) is 0 Å². The number of aliphatic carboxylic acids is 1. The molecule has 1 N–H and O–H groups in total. The van der Waals surface area contributed by atoms with Crippen LogP contribution in [0.3, 0.4) is 0 Å². The average molecular weight is 421 g/mol. The maximum atomic E-state index is 11.0. The lowest BCUT2D eigenvalue weighted by Crippen LogP contribution is -2.07. The molecule has 0 aliphatic carbocycles. The third-order valence-electron chi connectivity index (χ3n) is 5.89. The molecule has 3 aromatic rings. The van der Waals surface area contributed by atoms with Crippen LogP contribution >= 0.6 is 11.6 Å². The second-order valence-electron chi connectivity index (χ2n) is 8.02. The number of carboxylic acid groups (broad SMARTS) is 1. The molecule has 0 unspecified atom stereocenters. The molecule has 154 valence electrons. The van der Waals surface area contributed by atoms with Crippen molar-refractivity contribution in [3.05, 3.63) is 87.4 Å². The van der Waals surface area contributed by atoms with E-state index >= 15 is 0 Å². The van der Waals surface area contributed by atoms with Gasteiger partial charge in [-0.05, 0) is 60.6 Å². The Labute approximate surface area is 182 Å². The lowest BCUT2D eigenvalue weighted by Gasteiger charge is -2.14. The summed E-state index contributed by atoms with van der Waals surface area (Å²) in [5.74, 6) is -0.0388. The first-order valence-corrected chi connectivity index (χ1v) is 10.6. The Morgan fingerprint density at radius 2 is 1.80 bits per heavy atom. The first kappa shape index (κ1) is 20.5. The van der Waals surface area contributed by atoms with Crippen LogP contribution in [0.2, 0.25) is 5.02 Å². The van der Waals surface area contributed by atoms with E-state index in [0.29, 0.717) is 6.61 Å². The zero-order valence-corrected chi connectivity index (χ0v) is 18.0. The van der Waals surface area contributed by atoms with E-state index in [2.05, 4.69) is 56.3 Å². The highest BCUT2D eigenvalue weighted by molar-refractivity contribution is 6.34. The van der Waals surface area contributed by atoms with Gasteiger partial charge in [-0.15, -0.1) is 0 Å². The quantitative estimate of drug-likeness (QED) is 0.504. The lowest BCUT2D eigenvalue weighted by molar-refractivity contribution is -0.137. The lowest BCUT2D eigenvalue weighted by atomic mass is 9.92. The van der Waals surface area contributed by atoms with E-state index in [1.807, 2.05) is 12.1 Å². The number of fused-ring (bicyclic) bond motifs is 1. The molecule has 1 aliphatic rings. The Hall–Kier alpha value is -2.78. The molecular weight excluding hydrogens is 396 g/mol. The molecule has 0 aromatic heterocycles. The highest BCUT2D eigenvalue weighted by Crippen LogP contribution is 2.38. The Morgan fingerprint density at radius 1 is 1.07 bits per heavy atom. The van der Waals surface area contributed by atoms with Crippen LogP contribution in [-0.2, 0) is 17.6 Å². The van der Waals surface area contributed by atoms with Gasteiger partial charge < -0.3 is 9.84 Å². The Balaban J connectivity index is 1.54. The molecule has 0 radical (unpaired) electrons. The van der Waals surface area contributed by atoms with Crippen molar-refractivity contribution in [3.8, 4) is 16.9 Å². The number of benzene rings is 3. The highest BCUT2D eigenvalue weighted by Gasteiger charge is 2.26. The summed E-state index contributed by atoms with van der Waals surface area (Å²) in [7, 11) is 0. The van der Waals surface area contributed by atoms with Crippen molar-refractivity contribution in [3.63, 3.8) is 0 Å². The number of carboxylic acids is 1. The van der Waals surface area contributed by atoms with E-state index in [0.717, 1.165) is 40.3 Å². The predicted octanol–water partition coefficient (Wildman–Crippen LogP) is 6.36. The minimum atomic E-state index is -0.793. The summed E-state index contributed by atoms with van der Waals surface area (Å²) in [6, 6.07) is 18.7. The fraction of sp³-hybridized carbons (Fsp3) is 0.269. The molecule has 0 fully saturated rings. The van der Waals surface area contributed by atoms with Crippen LogP contribution in [0.1, 0.15) is 40.2 Å². The van der Waals surface area contributed by atoms with Gasteiger partial charge in [0.25, 0.3) is 0 Å². The van der Waals surface area contributed by atoms with Crippen LogP contribution in [0.5, 0.6) is 5.75 Å². The van der Waals surface area contributed by atoms with Gasteiger partial charge in [0.05, 0.1) is 18.1 Å². The number of ether oxygens (including phenoxy) is 1. The van der Waals surface area contributed by atoms with Crippen molar-refractivity contribution >= 4 is 17.6 Å². The summed E-state index contributed by atoms with van der Waals surface area (Å²) in [6.07, 6.45) is 1.78. The number of rotatable bonds is 6. The zero-order chi connectivity index (χ0) is 21.3. The maximum Gasteiger partial charge on any atom is 0.304 e.